The number of cyclic esters (lactones) is 1. The zero-order chi connectivity index (χ0) is 42.5. The first-order valence-electron chi connectivity index (χ1n) is 22.2. The Kier molecular flexibility index (Phi) is 18.3. The number of pyridine rings is 1. The summed E-state index contributed by atoms with van der Waals surface area (Å²) in [5.74, 6) is -0.438. The average Bonchev–Trinajstić information content (AvgIpc) is 3.47. The second-order valence-electron chi connectivity index (χ2n) is 18.7. The van der Waals surface area contributed by atoms with Crippen molar-refractivity contribution in [2.24, 2.45) is 5.92 Å². The van der Waals surface area contributed by atoms with Crippen molar-refractivity contribution in [3.8, 4) is 0 Å². The Morgan fingerprint density at radius 3 is 2.36 bits per heavy atom. The maximum atomic E-state index is 14.2. The van der Waals surface area contributed by atoms with Gasteiger partial charge >= 0.3 is 12.1 Å². The van der Waals surface area contributed by atoms with E-state index < -0.39 is 38.5 Å². The molecule has 0 radical (unpaired) electrons. The van der Waals surface area contributed by atoms with Crippen LogP contribution >= 0.6 is 0 Å². The molecule has 2 saturated heterocycles. The third-order valence-electron chi connectivity index (χ3n) is 12.9. The van der Waals surface area contributed by atoms with E-state index in [2.05, 4.69) is 56.7 Å². The number of piperidine rings is 1. The molecule has 0 aliphatic carbocycles. The van der Waals surface area contributed by atoms with Crippen LogP contribution in [0.2, 0.25) is 18.1 Å². The molecule has 7 unspecified atom stereocenters. The van der Waals surface area contributed by atoms with Gasteiger partial charge in [0.2, 0.25) is 0 Å². The number of hydrogen-bond donors (Lipinski definition) is 0. The minimum absolute atomic E-state index is 0.0690. The third kappa shape index (κ3) is 14.1. The van der Waals surface area contributed by atoms with Gasteiger partial charge in [-0.15, -0.1) is 0 Å². The average molecular weight is 824 g/mol. The number of ether oxygens (including phenoxy) is 4. The predicted octanol–water partition coefficient (Wildman–Crippen LogP) is 10.4. The van der Waals surface area contributed by atoms with Crippen LogP contribution in [0.1, 0.15) is 132 Å². The zero-order valence-electron chi connectivity index (χ0n) is 37.8. The van der Waals surface area contributed by atoms with Crippen molar-refractivity contribution in [1.29, 1.82) is 0 Å². The van der Waals surface area contributed by atoms with Crippen molar-refractivity contribution < 1.29 is 33.0 Å². The Labute approximate surface area is 352 Å². The smallest absolute Gasteiger partial charge is 0.410 e. The van der Waals surface area contributed by atoms with E-state index in [4.69, 9.17) is 23.4 Å². The SMILES string of the molecule is CCOC(C)OC1(C)CCC(O[Si](C)(C)C(C)(C)C)CC(=O)OC(C(C)=CC=CC(C)c2ccccn2)C(C)C=CC1OC(=O)N1CCC(N2CCCCCC2)CC1. The fourth-order valence-electron chi connectivity index (χ4n) is 8.16. The molecule has 0 saturated carbocycles. The molecule has 2 fully saturated rings. The molecule has 4 heterocycles. The second kappa shape index (κ2) is 22.1. The topological polar surface area (TPSA) is 99.7 Å². The van der Waals surface area contributed by atoms with Gasteiger partial charge in [-0.1, -0.05) is 77.8 Å². The summed E-state index contributed by atoms with van der Waals surface area (Å²) in [6, 6.07) is 6.43. The lowest BCUT2D eigenvalue weighted by molar-refractivity contribution is -0.222. The van der Waals surface area contributed by atoms with Gasteiger partial charge in [0, 0.05) is 49.5 Å². The van der Waals surface area contributed by atoms with E-state index >= 15 is 0 Å². The summed E-state index contributed by atoms with van der Waals surface area (Å²) in [7, 11) is -2.31. The molecule has 1 amide bonds. The summed E-state index contributed by atoms with van der Waals surface area (Å²) in [6.07, 6.45) is 17.4. The number of nitrogens with zero attached hydrogens (tertiary/aromatic N) is 3. The number of allylic oxidation sites excluding steroid dienone is 3. The highest BCUT2D eigenvalue weighted by molar-refractivity contribution is 6.74. The summed E-state index contributed by atoms with van der Waals surface area (Å²) in [6.45, 7) is 27.1. The largest absolute Gasteiger partial charge is 0.457 e. The van der Waals surface area contributed by atoms with E-state index in [-0.39, 0.29) is 35.4 Å². The lowest BCUT2D eigenvalue weighted by Gasteiger charge is -2.42. The van der Waals surface area contributed by atoms with E-state index in [9.17, 15) is 9.59 Å². The summed E-state index contributed by atoms with van der Waals surface area (Å²) in [4.78, 5) is 37.1. The van der Waals surface area contributed by atoms with Gasteiger partial charge in [0.05, 0.1) is 12.5 Å². The normalized spacial score (nSPS) is 27.9. The van der Waals surface area contributed by atoms with Gasteiger partial charge in [-0.3, -0.25) is 9.78 Å². The van der Waals surface area contributed by atoms with Crippen LogP contribution in [0.15, 0.2) is 60.3 Å². The molecule has 0 spiro atoms. The fourth-order valence-corrected chi connectivity index (χ4v) is 9.55. The van der Waals surface area contributed by atoms with E-state index in [0.717, 1.165) is 37.2 Å². The van der Waals surface area contributed by atoms with Gasteiger partial charge < -0.3 is 33.2 Å². The number of esters is 1. The van der Waals surface area contributed by atoms with Crippen LogP contribution in [-0.4, -0.2) is 104 Å². The van der Waals surface area contributed by atoms with Gasteiger partial charge in [-0.2, -0.15) is 0 Å². The van der Waals surface area contributed by atoms with Crippen LogP contribution in [0.25, 0.3) is 0 Å². The maximum Gasteiger partial charge on any atom is 0.410 e. The third-order valence-corrected chi connectivity index (χ3v) is 17.4. The lowest BCUT2D eigenvalue weighted by atomic mass is 9.88. The number of rotatable bonds is 12. The Balaban J connectivity index is 1.67. The molecule has 11 heteroatoms. The van der Waals surface area contributed by atoms with E-state index in [1.165, 1.54) is 25.7 Å². The van der Waals surface area contributed by atoms with Crippen molar-refractivity contribution in [3.05, 3.63) is 66.0 Å². The fraction of sp³-hybridized carbons (Fsp3) is 0.723. The summed E-state index contributed by atoms with van der Waals surface area (Å²) in [5.41, 5.74) is 0.893. The summed E-state index contributed by atoms with van der Waals surface area (Å²) < 4.78 is 32.6. The van der Waals surface area contributed by atoms with Gasteiger partial charge in [0.15, 0.2) is 20.7 Å². The van der Waals surface area contributed by atoms with Crippen LogP contribution in [-0.2, 0) is 28.2 Å². The van der Waals surface area contributed by atoms with Crippen LogP contribution < -0.4 is 0 Å². The van der Waals surface area contributed by atoms with Crippen LogP contribution in [0, 0.1) is 5.92 Å². The highest BCUT2D eigenvalue weighted by Gasteiger charge is 2.44. The quantitative estimate of drug-likeness (QED) is 0.0671. The Morgan fingerprint density at radius 2 is 1.74 bits per heavy atom. The van der Waals surface area contributed by atoms with E-state index in [1.807, 2.05) is 82.0 Å². The van der Waals surface area contributed by atoms with Crippen molar-refractivity contribution in [2.45, 2.75) is 180 Å². The number of carbonyl (C=O) groups excluding carboxylic acids is 2. The number of hydrogen-bond acceptors (Lipinski definition) is 9. The first-order chi connectivity index (χ1) is 27.4. The Morgan fingerprint density at radius 1 is 1.05 bits per heavy atom. The van der Waals surface area contributed by atoms with Gasteiger partial charge in [0.1, 0.15) is 11.7 Å². The van der Waals surface area contributed by atoms with Crippen LogP contribution in [0.5, 0.6) is 0 Å². The second-order valence-corrected chi connectivity index (χ2v) is 23.4. The number of carbonyl (C=O) groups is 2. The van der Waals surface area contributed by atoms with Crippen molar-refractivity contribution in [2.75, 3.05) is 32.8 Å². The van der Waals surface area contributed by atoms with Gasteiger partial charge in [-0.05, 0) is 121 Å². The highest BCUT2D eigenvalue weighted by atomic mass is 28.4. The lowest BCUT2D eigenvalue weighted by Crippen LogP contribution is -2.51. The van der Waals surface area contributed by atoms with E-state index in [0.29, 0.717) is 38.6 Å². The molecule has 326 valence electrons. The first-order valence-corrected chi connectivity index (χ1v) is 25.1. The molecular weight excluding hydrogens is 747 g/mol. The first kappa shape index (κ1) is 47.8. The minimum Gasteiger partial charge on any atom is -0.457 e. The van der Waals surface area contributed by atoms with Gasteiger partial charge in [-0.25, -0.2) is 4.79 Å². The molecule has 4 rings (SSSR count). The number of likely N-dealkylation sites (tertiary alicyclic amines) is 2. The molecule has 0 N–H and O–H groups in total. The number of amides is 1. The molecule has 1 aromatic heterocycles. The Bertz CT molecular complexity index is 1510. The monoisotopic (exact) mass is 824 g/mol. The molecule has 0 aromatic carbocycles. The van der Waals surface area contributed by atoms with Gasteiger partial charge in [0.25, 0.3) is 0 Å². The zero-order valence-corrected chi connectivity index (χ0v) is 38.8. The predicted molar refractivity (Wildman–Crippen MR) is 235 cm³/mol. The molecule has 58 heavy (non-hydrogen) atoms. The van der Waals surface area contributed by atoms with Crippen molar-refractivity contribution in [1.82, 2.24) is 14.8 Å². The molecular formula is C47H77N3O7Si. The van der Waals surface area contributed by atoms with Crippen molar-refractivity contribution >= 4 is 20.4 Å². The molecule has 10 nitrogen and oxygen atoms in total. The van der Waals surface area contributed by atoms with Crippen molar-refractivity contribution in [3.63, 3.8) is 0 Å². The minimum atomic E-state index is -2.31. The molecule has 1 aromatic rings. The number of aromatic nitrogens is 1. The highest BCUT2D eigenvalue weighted by Crippen LogP contribution is 2.40. The van der Waals surface area contributed by atoms with Crippen LogP contribution in [0.4, 0.5) is 4.79 Å². The standard InChI is InChI=1S/C47H77N3O7Si/c1-12-53-38(5)56-47(9)28-25-40(57-58(10,11)46(6,7)8)34-43(51)55-44(36(3)21-19-20-35(2)41-22-15-16-29-48-41)37(4)23-24-42(47)54-45(52)50-32-26-39(27-33-50)49-30-17-13-14-18-31-49/h15-16,19-24,29,35,37-40,42,44H,12-14,17-18,25-28,30-34H2,1-11H3. The summed E-state index contributed by atoms with van der Waals surface area (Å²) in [5, 5.41) is -0.0690. The van der Waals surface area contributed by atoms with Crippen LogP contribution in [0.3, 0.4) is 0 Å². The molecule has 3 aliphatic heterocycles. The molecule has 0 bridgehead atoms. The molecule has 7 atom stereocenters. The Hall–Kier alpha value is -2.83. The summed E-state index contributed by atoms with van der Waals surface area (Å²) >= 11 is 0. The maximum absolute atomic E-state index is 14.2. The van der Waals surface area contributed by atoms with E-state index in [1.54, 1.807) is 6.20 Å². The molecule has 3 aliphatic rings.